The Morgan fingerprint density at radius 3 is 2.47 bits per heavy atom. The molecule has 0 aliphatic heterocycles. The predicted molar refractivity (Wildman–Crippen MR) is 74.9 cm³/mol. The van der Waals surface area contributed by atoms with Crippen LogP contribution in [0.15, 0.2) is 53.0 Å². The van der Waals surface area contributed by atoms with Crippen molar-refractivity contribution in [2.24, 2.45) is 0 Å². The zero-order valence-corrected chi connectivity index (χ0v) is 11.3. The van der Waals surface area contributed by atoms with Crippen LogP contribution in [0, 0.1) is 5.41 Å². The molecule has 3 heteroatoms. The maximum atomic E-state index is 12.2. The van der Waals surface area contributed by atoms with E-state index in [0.29, 0.717) is 27.8 Å². The van der Waals surface area contributed by atoms with Gasteiger partial charge in [-0.05, 0) is 12.5 Å². The Hall–Kier alpha value is -1.48. The molecule has 0 radical (unpaired) electrons. The van der Waals surface area contributed by atoms with Crippen LogP contribution in [0.2, 0.25) is 0 Å². The summed E-state index contributed by atoms with van der Waals surface area (Å²) >= 11 is 3.19. The second-order valence-electron chi connectivity index (χ2n) is 3.53. The van der Waals surface area contributed by atoms with Gasteiger partial charge in [-0.1, -0.05) is 59.8 Å². The number of halogens is 1. The van der Waals surface area contributed by atoms with Gasteiger partial charge in [0.1, 0.15) is 0 Å². The number of benzene rings is 1. The molecule has 1 aromatic carbocycles. The Bertz CT molecular complexity index is 474. The van der Waals surface area contributed by atoms with Crippen molar-refractivity contribution < 1.29 is 4.79 Å². The fraction of sp³-hybridized carbons (Fsp3) is 0.143. The lowest BCUT2D eigenvalue weighted by Crippen LogP contribution is -2.12. The van der Waals surface area contributed by atoms with Crippen molar-refractivity contribution in [1.82, 2.24) is 0 Å². The maximum absolute atomic E-state index is 12.2. The van der Waals surface area contributed by atoms with Crippen molar-refractivity contribution in [2.45, 2.75) is 13.3 Å². The van der Waals surface area contributed by atoms with Gasteiger partial charge < -0.3 is 5.41 Å². The summed E-state index contributed by atoms with van der Waals surface area (Å²) in [6, 6.07) is 8.97. The van der Waals surface area contributed by atoms with E-state index in [-0.39, 0.29) is 5.78 Å². The Balaban J connectivity index is 3.13. The zero-order valence-electron chi connectivity index (χ0n) is 9.66. The first-order valence-electron chi connectivity index (χ1n) is 5.30. The standard InChI is InChI=1S/C14H14BrNO/c1-3-13(16)12(9-10(2)15)14(17)11-7-5-4-6-8-11/h4-9,16H,2-3H2,1H3/b12-9+,16-13?. The summed E-state index contributed by atoms with van der Waals surface area (Å²) in [7, 11) is 0. The van der Waals surface area contributed by atoms with Gasteiger partial charge in [-0.25, -0.2) is 0 Å². The van der Waals surface area contributed by atoms with Crippen molar-refractivity contribution in [1.29, 1.82) is 5.41 Å². The number of hydrogen-bond donors (Lipinski definition) is 1. The number of ketones is 1. The number of rotatable bonds is 5. The van der Waals surface area contributed by atoms with E-state index in [2.05, 4.69) is 22.5 Å². The summed E-state index contributed by atoms with van der Waals surface area (Å²) in [5, 5.41) is 7.82. The molecule has 88 valence electrons. The smallest absolute Gasteiger partial charge is 0.194 e. The molecule has 0 aliphatic rings. The third kappa shape index (κ3) is 3.79. The van der Waals surface area contributed by atoms with Crippen molar-refractivity contribution in [3.05, 3.63) is 58.6 Å². The molecule has 0 atom stereocenters. The van der Waals surface area contributed by atoms with Gasteiger partial charge in [-0.2, -0.15) is 0 Å². The fourth-order valence-corrected chi connectivity index (χ4v) is 1.61. The molecule has 17 heavy (non-hydrogen) atoms. The molecule has 0 spiro atoms. The van der Waals surface area contributed by atoms with E-state index in [4.69, 9.17) is 5.41 Å². The summed E-state index contributed by atoms with van der Waals surface area (Å²) in [4.78, 5) is 12.2. The molecular formula is C14H14BrNO. The first-order chi connectivity index (χ1) is 8.06. The summed E-state index contributed by atoms with van der Waals surface area (Å²) < 4.78 is 0.593. The van der Waals surface area contributed by atoms with E-state index in [1.165, 1.54) is 0 Å². The monoisotopic (exact) mass is 291 g/mol. The highest BCUT2D eigenvalue weighted by atomic mass is 79.9. The van der Waals surface area contributed by atoms with Gasteiger partial charge in [-0.3, -0.25) is 4.79 Å². The summed E-state index contributed by atoms with van der Waals surface area (Å²) in [5.74, 6) is -0.141. The van der Waals surface area contributed by atoms with Gasteiger partial charge >= 0.3 is 0 Å². The highest BCUT2D eigenvalue weighted by molar-refractivity contribution is 9.11. The molecule has 1 aromatic rings. The second kappa shape index (κ2) is 6.30. The maximum Gasteiger partial charge on any atom is 0.194 e. The minimum atomic E-state index is -0.141. The minimum Gasteiger partial charge on any atom is -0.305 e. The first-order valence-corrected chi connectivity index (χ1v) is 6.09. The van der Waals surface area contributed by atoms with Crippen molar-refractivity contribution >= 4 is 27.4 Å². The number of hydrogen-bond acceptors (Lipinski definition) is 2. The average molecular weight is 292 g/mol. The summed E-state index contributed by atoms with van der Waals surface area (Å²) in [5.41, 5.74) is 1.30. The highest BCUT2D eigenvalue weighted by Crippen LogP contribution is 2.15. The average Bonchev–Trinajstić information content (AvgIpc) is 2.35. The van der Waals surface area contributed by atoms with Gasteiger partial charge in [0.25, 0.3) is 0 Å². The van der Waals surface area contributed by atoms with Crippen LogP contribution < -0.4 is 0 Å². The van der Waals surface area contributed by atoms with Crippen LogP contribution in [0.4, 0.5) is 0 Å². The summed E-state index contributed by atoms with van der Waals surface area (Å²) in [6.07, 6.45) is 2.12. The van der Waals surface area contributed by atoms with Gasteiger partial charge in [0, 0.05) is 21.3 Å². The minimum absolute atomic E-state index is 0.141. The van der Waals surface area contributed by atoms with Gasteiger partial charge in [-0.15, -0.1) is 0 Å². The molecule has 0 unspecified atom stereocenters. The van der Waals surface area contributed by atoms with E-state index >= 15 is 0 Å². The van der Waals surface area contributed by atoms with Crippen molar-refractivity contribution in [3.63, 3.8) is 0 Å². The van der Waals surface area contributed by atoms with Crippen LogP contribution in [0.5, 0.6) is 0 Å². The lowest BCUT2D eigenvalue weighted by Gasteiger charge is -2.06. The fourth-order valence-electron chi connectivity index (χ4n) is 1.38. The Labute approximate surface area is 110 Å². The number of Topliss-reactive ketones (excluding diaryl/α,β-unsaturated/α-hetero) is 1. The topological polar surface area (TPSA) is 40.9 Å². The second-order valence-corrected chi connectivity index (χ2v) is 4.55. The molecule has 0 saturated carbocycles. The van der Waals surface area contributed by atoms with Gasteiger partial charge in [0.05, 0.1) is 0 Å². The Morgan fingerprint density at radius 1 is 1.41 bits per heavy atom. The Morgan fingerprint density at radius 2 is 2.00 bits per heavy atom. The summed E-state index contributed by atoms with van der Waals surface area (Å²) in [6.45, 7) is 5.53. The van der Waals surface area contributed by atoms with E-state index < -0.39 is 0 Å². The van der Waals surface area contributed by atoms with E-state index in [1.807, 2.05) is 25.1 Å². The highest BCUT2D eigenvalue weighted by Gasteiger charge is 2.15. The van der Waals surface area contributed by atoms with Crippen LogP contribution in [0.25, 0.3) is 0 Å². The number of carbonyl (C=O) groups is 1. The van der Waals surface area contributed by atoms with Crippen LogP contribution in [0.3, 0.4) is 0 Å². The largest absolute Gasteiger partial charge is 0.305 e. The quantitative estimate of drug-likeness (QED) is 0.377. The lowest BCUT2D eigenvalue weighted by atomic mass is 9.98. The molecule has 0 amide bonds. The lowest BCUT2D eigenvalue weighted by molar-refractivity contribution is 0.104. The normalized spacial score (nSPS) is 11.1. The van der Waals surface area contributed by atoms with E-state index in [0.717, 1.165) is 0 Å². The third-order valence-electron chi connectivity index (χ3n) is 2.26. The molecule has 0 heterocycles. The van der Waals surface area contributed by atoms with Crippen LogP contribution in [0.1, 0.15) is 23.7 Å². The third-order valence-corrected chi connectivity index (χ3v) is 2.49. The van der Waals surface area contributed by atoms with Crippen molar-refractivity contribution in [2.75, 3.05) is 0 Å². The molecule has 1 N–H and O–H groups in total. The number of carbonyl (C=O) groups excluding carboxylic acids is 1. The van der Waals surface area contributed by atoms with Crippen LogP contribution in [-0.2, 0) is 0 Å². The first kappa shape index (κ1) is 13.6. The molecule has 0 saturated heterocycles. The molecule has 0 aliphatic carbocycles. The molecule has 1 rings (SSSR count). The molecule has 0 bridgehead atoms. The molecule has 0 fully saturated rings. The molecule has 2 nitrogen and oxygen atoms in total. The van der Waals surface area contributed by atoms with Crippen LogP contribution >= 0.6 is 15.9 Å². The van der Waals surface area contributed by atoms with Gasteiger partial charge in [0.2, 0.25) is 0 Å². The van der Waals surface area contributed by atoms with E-state index in [1.54, 1.807) is 18.2 Å². The number of nitrogens with one attached hydrogen (secondary N) is 1. The van der Waals surface area contributed by atoms with Crippen LogP contribution in [-0.4, -0.2) is 11.5 Å². The molecular weight excluding hydrogens is 278 g/mol. The SMILES string of the molecule is C=C(Br)/C=C(\C(=N)CC)C(=O)c1ccccc1. The van der Waals surface area contributed by atoms with Crippen molar-refractivity contribution in [3.8, 4) is 0 Å². The predicted octanol–water partition coefficient (Wildman–Crippen LogP) is 4.13. The zero-order chi connectivity index (χ0) is 12.8. The Kier molecular flexibility index (Phi) is 5.04. The van der Waals surface area contributed by atoms with Gasteiger partial charge in [0.15, 0.2) is 5.78 Å². The number of allylic oxidation sites excluding steroid dienone is 3. The molecule has 0 aromatic heterocycles. The van der Waals surface area contributed by atoms with E-state index in [9.17, 15) is 4.79 Å².